The van der Waals surface area contributed by atoms with Crippen molar-refractivity contribution in [2.45, 2.75) is 0 Å². The van der Waals surface area contributed by atoms with E-state index in [9.17, 15) is 0 Å². The van der Waals surface area contributed by atoms with Crippen molar-refractivity contribution in [1.82, 2.24) is 0 Å². The molecule has 64 heavy (non-hydrogen) atoms. The van der Waals surface area contributed by atoms with Crippen LogP contribution in [0.5, 0.6) is 0 Å². The first-order valence-electron chi connectivity index (χ1n) is 21.7. The minimum absolute atomic E-state index is 1.05. The van der Waals surface area contributed by atoms with E-state index < -0.39 is 0 Å². The van der Waals surface area contributed by atoms with Gasteiger partial charge in [0.25, 0.3) is 0 Å². The normalized spacial score (nSPS) is 11.5. The first-order valence-corrected chi connectivity index (χ1v) is 21.7. The molecule has 9 aromatic carbocycles. The smallest absolute Gasteiger partial charge is 0.0482 e. The summed E-state index contributed by atoms with van der Waals surface area (Å²) in [5, 5.41) is 0. The quantitative estimate of drug-likeness (QED) is 0.101. The molecule has 0 saturated carbocycles. The van der Waals surface area contributed by atoms with Crippen LogP contribution in [0, 0.1) is 0 Å². The fraction of sp³-hybridized carbons (Fsp3) is 0. The van der Waals surface area contributed by atoms with Gasteiger partial charge in [-0.15, -0.1) is 0 Å². The number of nitrogens with zero attached hydrogens (tertiary/aromatic N) is 2. The van der Waals surface area contributed by atoms with Crippen molar-refractivity contribution in [3.8, 4) is 0 Å². The number of rotatable bonds is 14. The van der Waals surface area contributed by atoms with E-state index in [0.717, 1.165) is 56.4 Å². The molecule has 0 atom stereocenters. The van der Waals surface area contributed by atoms with Gasteiger partial charge in [0.2, 0.25) is 0 Å². The van der Waals surface area contributed by atoms with Gasteiger partial charge in [-0.25, -0.2) is 0 Å². The van der Waals surface area contributed by atoms with Crippen molar-refractivity contribution in [2.24, 2.45) is 0 Å². The summed E-state index contributed by atoms with van der Waals surface area (Å²) < 4.78 is 0. The second kappa shape index (κ2) is 20.4. The highest BCUT2D eigenvalue weighted by atomic mass is 15.2. The van der Waals surface area contributed by atoms with Crippen LogP contribution in [-0.2, 0) is 0 Å². The van der Waals surface area contributed by atoms with Gasteiger partial charge < -0.3 is 9.80 Å². The van der Waals surface area contributed by atoms with Gasteiger partial charge in [0.1, 0.15) is 0 Å². The Kier molecular flexibility index (Phi) is 13.0. The third-order valence-electron chi connectivity index (χ3n) is 11.0. The van der Waals surface area contributed by atoms with Crippen molar-refractivity contribution in [3.05, 3.63) is 287 Å². The predicted octanol–water partition coefficient (Wildman–Crippen LogP) is 17.3. The zero-order chi connectivity index (χ0) is 43.2. The number of anilines is 6. The minimum Gasteiger partial charge on any atom is -0.310 e. The molecule has 9 aromatic rings. The minimum atomic E-state index is 1.05. The van der Waals surface area contributed by atoms with Gasteiger partial charge in [0.15, 0.2) is 0 Å². The maximum atomic E-state index is 2.34. The zero-order valence-corrected chi connectivity index (χ0v) is 35.6. The molecule has 0 N–H and O–H groups in total. The average Bonchev–Trinajstić information content (AvgIpc) is 3.37. The number of benzene rings is 9. The van der Waals surface area contributed by atoms with Crippen LogP contribution in [0.1, 0.15) is 44.5 Å². The summed E-state index contributed by atoms with van der Waals surface area (Å²) in [4.78, 5) is 4.68. The number of hydrogen-bond donors (Lipinski definition) is 0. The van der Waals surface area contributed by atoms with Gasteiger partial charge >= 0.3 is 0 Å². The number of hydrogen-bond acceptors (Lipinski definition) is 2. The van der Waals surface area contributed by atoms with E-state index in [4.69, 9.17) is 0 Å². The Morgan fingerprint density at radius 1 is 0.172 bits per heavy atom. The van der Waals surface area contributed by atoms with Crippen molar-refractivity contribution >= 4 is 82.7 Å². The lowest BCUT2D eigenvalue weighted by Gasteiger charge is -2.29. The molecule has 0 fully saturated rings. The van der Waals surface area contributed by atoms with Gasteiger partial charge in [-0.2, -0.15) is 0 Å². The largest absolute Gasteiger partial charge is 0.310 e. The van der Waals surface area contributed by atoms with Gasteiger partial charge in [-0.1, -0.05) is 225 Å². The summed E-state index contributed by atoms with van der Waals surface area (Å²) in [7, 11) is 0. The van der Waals surface area contributed by atoms with Gasteiger partial charge in [-0.05, 0) is 111 Å². The Morgan fingerprint density at radius 3 is 0.594 bits per heavy atom. The van der Waals surface area contributed by atoms with E-state index in [-0.39, 0.29) is 0 Å². The van der Waals surface area contributed by atoms with Gasteiger partial charge in [-0.3, -0.25) is 0 Å². The van der Waals surface area contributed by atoms with E-state index in [1.165, 1.54) is 22.3 Å². The summed E-state index contributed by atoms with van der Waals surface area (Å²) in [5.74, 6) is 0. The molecule has 0 saturated heterocycles. The Labute approximate surface area is 378 Å². The molecule has 2 heteroatoms. The van der Waals surface area contributed by atoms with E-state index in [1.54, 1.807) is 0 Å². The molecule has 0 bridgehead atoms. The highest BCUT2D eigenvalue weighted by molar-refractivity contribution is 5.85. The van der Waals surface area contributed by atoms with Gasteiger partial charge in [0, 0.05) is 34.1 Å². The van der Waals surface area contributed by atoms with E-state index in [0.29, 0.717) is 0 Å². The fourth-order valence-electron chi connectivity index (χ4n) is 7.63. The monoisotopic (exact) mass is 820 g/mol. The van der Waals surface area contributed by atoms with Crippen LogP contribution in [0.2, 0.25) is 0 Å². The molecule has 0 aliphatic heterocycles. The average molecular weight is 821 g/mol. The molecule has 0 radical (unpaired) electrons. The third kappa shape index (κ3) is 10.7. The third-order valence-corrected chi connectivity index (χ3v) is 11.0. The lowest BCUT2D eigenvalue weighted by Crippen LogP contribution is -2.13. The molecule has 0 unspecified atom stereocenters. The Hall–Kier alpha value is -8.46. The molecule has 0 heterocycles. The molecule has 0 aromatic heterocycles. The predicted molar refractivity (Wildman–Crippen MR) is 277 cm³/mol. The summed E-state index contributed by atoms with van der Waals surface area (Å²) >= 11 is 0. The van der Waals surface area contributed by atoms with E-state index >= 15 is 0 Å². The van der Waals surface area contributed by atoms with Crippen molar-refractivity contribution < 1.29 is 0 Å². The SMILES string of the molecule is C(=C\c1ccc(N(c2ccc(/C=C/c3ccccc3)cc2)c2cccc(N(c3ccc(/C=C/c4ccccc4)cc3)c3ccc(/C=C/c4ccccc4)cc3)c2)cc1)/c1ccccc1. The van der Waals surface area contributed by atoms with Crippen LogP contribution in [0.4, 0.5) is 34.1 Å². The van der Waals surface area contributed by atoms with Crippen molar-refractivity contribution in [3.63, 3.8) is 0 Å². The van der Waals surface area contributed by atoms with Crippen LogP contribution >= 0.6 is 0 Å². The molecule has 0 aliphatic carbocycles. The molecular formula is C62H48N2. The molecule has 306 valence electrons. The summed E-state index contributed by atoms with van der Waals surface area (Å²) in [6.45, 7) is 0. The molecular weight excluding hydrogens is 773 g/mol. The summed E-state index contributed by atoms with van der Waals surface area (Å²) in [6, 6.07) is 85.7. The molecule has 0 spiro atoms. The first-order chi connectivity index (χ1) is 31.7. The summed E-state index contributed by atoms with van der Waals surface area (Å²) in [5.41, 5.74) is 15.6. The summed E-state index contributed by atoms with van der Waals surface area (Å²) in [6.07, 6.45) is 17.3. The zero-order valence-electron chi connectivity index (χ0n) is 35.6. The van der Waals surface area contributed by atoms with Gasteiger partial charge in [0.05, 0.1) is 0 Å². The second-order valence-corrected chi connectivity index (χ2v) is 15.5. The molecule has 9 rings (SSSR count). The highest BCUT2D eigenvalue weighted by Crippen LogP contribution is 2.41. The second-order valence-electron chi connectivity index (χ2n) is 15.5. The maximum Gasteiger partial charge on any atom is 0.0482 e. The Bertz CT molecular complexity index is 2580. The van der Waals surface area contributed by atoms with Crippen molar-refractivity contribution in [2.75, 3.05) is 9.80 Å². The van der Waals surface area contributed by atoms with Crippen LogP contribution in [0.15, 0.2) is 243 Å². The van der Waals surface area contributed by atoms with Crippen LogP contribution < -0.4 is 9.80 Å². The van der Waals surface area contributed by atoms with Crippen LogP contribution in [0.3, 0.4) is 0 Å². The highest BCUT2D eigenvalue weighted by Gasteiger charge is 2.17. The first kappa shape index (κ1) is 40.9. The lowest BCUT2D eigenvalue weighted by atomic mass is 10.1. The standard InChI is InChI=1S/C62H48N2/c1-5-14-49(15-6-1)24-28-53-32-40-57(41-33-53)63(58-42-34-54(35-43-58)29-25-50-16-7-2-8-17-50)61-22-13-23-62(48-61)64(59-44-36-55(37-45-59)30-26-51-18-9-3-10-19-51)60-46-38-56(39-47-60)31-27-52-20-11-4-12-21-52/h1-48H/b28-24+,29-25+,30-26+,31-27+. The molecule has 0 amide bonds. The lowest BCUT2D eigenvalue weighted by molar-refractivity contribution is 1.25. The molecule has 0 aliphatic rings. The fourth-order valence-corrected chi connectivity index (χ4v) is 7.63. The van der Waals surface area contributed by atoms with Crippen LogP contribution in [0.25, 0.3) is 48.6 Å². The maximum absolute atomic E-state index is 2.34. The van der Waals surface area contributed by atoms with E-state index in [1.807, 2.05) is 24.3 Å². The molecule has 2 nitrogen and oxygen atoms in total. The van der Waals surface area contributed by atoms with Crippen molar-refractivity contribution in [1.29, 1.82) is 0 Å². The van der Waals surface area contributed by atoms with Crippen LogP contribution in [-0.4, -0.2) is 0 Å². The topological polar surface area (TPSA) is 6.48 Å². The Morgan fingerprint density at radius 2 is 0.375 bits per heavy atom. The Balaban J connectivity index is 1.08. The van der Waals surface area contributed by atoms with E-state index in [2.05, 4.69) is 277 Å².